The molecule has 0 bridgehead atoms. The average Bonchev–Trinajstić information content (AvgIpc) is 2.97. The number of carbonyl (C=O) groups excluding carboxylic acids is 1. The Morgan fingerprint density at radius 2 is 2.11 bits per heavy atom. The lowest BCUT2D eigenvalue weighted by Crippen LogP contribution is -2.40. The number of anilines is 4. The number of nitrogens with one attached hydrogen (secondary N) is 3. The molecule has 0 radical (unpaired) electrons. The van der Waals surface area contributed by atoms with Gasteiger partial charge < -0.3 is 16.0 Å². The van der Waals surface area contributed by atoms with E-state index in [1.54, 1.807) is 11.3 Å². The second-order valence-corrected chi connectivity index (χ2v) is 9.10. The van der Waals surface area contributed by atoms with E-state index in [4.69, 9.17) is 4.98 Å². The van der Waals surface area contributed by atoms with E-state index in [9.17, 15) is 4.79 Å². The second kappa shape index (κ2) is 7.07. The van der Waals surface area contributed by atoms with Crippen LogP contribution in [0.3, 0.4) is 0 Å². The van der Waals surface area contributed by atoms with E-state index in [1.165, 1.54) is 17.0 Å². The highest BCUT2D eigenvalue weighted by molar-refractivity contribution is 7.15. The molecule has 0 fully saturated rings. The topological polar surface area (TPSA) is 91.8 Å². The molecule has 0 saturated heterocycles. The quantitative estimate of drug-likeness (QED) is 0.738. The number of nitrogens with zero attached hydrogens (tertiary/aromatic N) is 3. The zero-order valence-corrected chi connectivity index (χ0v) is 17.0. The Bertz CT molecular complexity index is 877. The molecule has 2 aromatic rings. The van der Waals surface area contributed by atoms with Crippen LogP contribution in [0.2, 0.25) is 0 Å². The largest absolute Gasteiger partial charge is 0.356 e. The molecule has 0 spiro atoms. The molecule has 7 nitrogen and oxygen atoms in total. The predicted molar refractivity (Wildman–Crippen MR) is 109 cm³/mol. The Hall–Kier alpha value is -2.22. The van der Waals surface area contributed by atoms with Gasteiger partial charge in [0.05, 0.1) is 5.69 Å². The molecule has 0 saturated carbocycles. The minimum Gasteiger partial charge on any atom is -0.356 e. The standard InChI is InChI=1S/C19H26N6OS/c1-9(2)7-13-18(26)24-15-16(22-13)20-11(4)21-17(15)25-19-23-12-6-5-10(3)8-14(12)27-19/h9-10,13H,5-8H2,1-4H3,(H,24,26)(H2,20,21,22,23,25). The predicted octanol–water partition coefficient (Wildman–Crippen LogP) is 3.89. The van der Waals surface area contributed by atoms with Crippen LogP contribution in [0, 0.1) is 18.8 Å². The van der Waals surface area contributed by atoms with E-state index in [0.717, 1.165) is 24.4 Å². The highest BCUT2D eigenvalue weighted by atomic mass is 32.1. The summed E-state index contributed by atoms with van der Waals surface area (Å²) in [5.74, 6) is 3.00. The maximum atomic E-state index is 12.5. The van der Waals surface area contributed by atoms with Crippen LogP contribution in [-0.4, -0.2) is 26.9 Å². The Balaban J connectivity index is 1.61. The molecule has 2 aromatic heterocycles. The van der Waals surface area contributed by atoms with Crippen molar-refractivity contribution in [2.45, 2.75) is 59.4 Å². The third-order valence-corrected chi connectivity index (χ3v) is 6.05. The van der Waals surface area contributed by atoms with E-state index in [1.807, 2.05) is 6.92 Å². The van der Waals surface area contributed by atoms with E-state index < -0.39 is 0 Å². The lowest BCUT2D eigenvalue weighted by Gasteiger charge is -2.28. The fourth-order valence-electron chi connectivity index (χ4n) is 3.66. The number of aryl methyl sites for hydroxylation is 2. The van der Waals surface area contributed by atoms with Crippen LogP contribution in [0.1, 0.15) is 50.0 Å². The van der Waals surface area contributed by atoms with Crippen molar-refractivity contribution >= 4 is 39.7 Å². The summed E-state index contributed by atoms with van der Waals surface area (Å²) in [4.78, 5) is 27.6. The molecule has 27 heavy (non-hydrogen) atoms. The molecule has 1 amide bonds. The highest BCUT2D eigenvalue weighted by Crippen LogP contribution is 2.37. The number of hydrogen-bond donors (Lipinski definition) is 3. The SMILES string of the molecule is Cc1nc(Nc2nc3c(s2)CC(C)CC3)c2c(n1)NC(CC(C)C)C(=O)N2. The van der Waals surface area contributed by atoms with Gasteiger partial charge >= 0.3 is 0 Å². The summed E-state index contributed by atoms with van der Waals surface area (Å²) in [6.07, 6.45) is 4.07. The number of carbonyl (C=O) groups is 1. The number of hydrogen-bond acceptors (Lipinski definition) is 7. The molecule has 1 aliphatic carbocycles. The molecule has 3 N–H and O–H groups in total. The third kappa shape index (κ3) is 3.76. The van der Waals surface area contributed by atoms with Crippen LogP contribution in [0.4, 0.5) is 22.5 Å². The monoisotopic (exact) mass is 386 g/mol. The van der Waals surface area contributed by atoms with Gasteiger partial charge in [-0.1, -0.05) is 20.8 Å². The van der Waals surface area contributed by atoms with Crippen molar-refractivity contribution in [3.63, 3.8) is 0 Å². The molecule has 2 unspecified atom stereocenters. The molecule has 1 aliphatic heterocycles. The summed E-state index contributed by atoms with van der Waals surface area (Å²) in [6, 6.07) is -0.270. The number of amides is 1. The summed E-state index contributed by atoms with van der Waals surface area (Å²) >= 11 is 1.68. The van der Waals surface area contributed by atoms with Crippen molar-refractivity contribution < 1.29 is 4.79 Å². The maximum Gasteiger partial charge on any atom is 0.247 e. The Labute approximate surface area is 163 Å². The van der Waals surface area contributed by atoms with Crippen LogP contribution < -0.4 is 16.0 Å². The average molecular weight is 387 g/mol. The molecule has 2 atom stereocenters. The normalized spacial score (nSPS) is 21.3. The van der Waals surface area contributed by atoms with Gasteiger partial charge in [-0.05, 0) is 44.4 Å². The molecule has 4 rings (SSSR count). The van der Waals surface area contributed by atoms with Gasteiger partial charge in [0.2, 0.25) is 5.91 Å². The van der Waals surface area contributed by atoms with Gasteiger partial charge in [-0.15, -0.1) is 11.3 Å². The molecule has 2 aliphatic rings. The van der Waals surface area contributed by atoms with Crippen LogP contribution in [0.25, 0.3) is 0 Å². The van der Waals surface area contributed by atoms with E-state index in [2.05, 4.69) is 46.7 Å². The molecule has 0 aromatic carbocycles. The minimum absolute atomic E-state index is 0.0426. The van der Waals surface area contributed by atoms with Crippen molar-refractivity contribution in [1.29, 1.82) is 0 Å². The fourth-order valence-corrected chi connectivity index (χ4v) is 4.83. The van der Waals surface area contributed by atoms with E-state index >= 15 is 0 Å². The molecule has 144 valence electrons. The minimum atomic E-state index is -0.270. The Morgan fingerprint density at radius 3 is 2.89 bits per heavy atom. The number of fused-ring (bicyclic) bond motifs is 2. The van der Waals surface area contributed by atoms with E-state index in [0.29, 0.717) is 35.0 Å². The van der Waals surface area contributed by atoms with Crippen LogP contribution in [0.15, 0.2) is 0 Å². The first-order valence-electron chi connectivity index (χ1n) is 9.60. The van der Waals surface area contributed by atoms with Crippen LogP contribution in [0.5, 0.6) is 0 Å². The van der Waals surface area contributed by atoms with E-state index in [-0.39, 0.29) is 11.9 Å². The Morgan fingerprint density at radius 1 is 1.30 bits per heavy atom. The summed E-state index contributed by atoms with van der Waals surface area (Å²) in [7, 11) is 0. The van der Waals surface area contributed by atoms with Crippen molar-refractivity contribution in [2.24, 2.45) is 11.8 Å². The van der Waals surface area contributed by atoms with Crippen molar-refractivity contribution in [2.75, 3.05) is 16.0 Å². The van der Waals surface area contributed by atoms with Crippen LogP contribution >= 0.6 is 11.3 Å². The first-order chi connectivity index (χ1) is 12.9. The number of aromatic nitrogens is 3. The Kier molecular flexibility index (Phi) is 4.75. The van der Waals surface area contributed by atoms with Gasteiger partial charge in [0, 0.05) is 4.88 Å². The second-order valence-electron chi connectivity index (χ2n) is 8.02. The lowest BCUT2D eigenvalue weighted by atomic mass is 9.93. The summed E-state index contributed by atoms with van der Waals surface area (Å²) < 4.78 is 0. The number of thiazole rings is 1. The summed E-state index contributed by atoms with van der Waals surface area (Å²) in [5, 5.41) is 10.4. The zero-order chi connectivity index (χ0) is 19.1. The fraction of sp³-hybridized carbons (Fsp3) is 0.579. The van der Waals surface area contributed by atoms with Crippen molar-refractivity contribution in [3.8, 4) is 0 Å². The smallest absolute Gasteiger partial charge is 0.247 e. The van der Waals surface area contributed by atoms with Gasteiger partial charge in [0.15, 0.2) is 16.8 Å². The summed E-state index contributed by atoms with van der Waals surface area (Å²) in [5.41, 5.74) is 1.80. The van der Waals surface area contributed by atoms with Gasteiger partial charge in [0.1, 0.15) is 17.6 Å². The van der Waals surface area contributed by atoms with Gasteiger partial charge in [-0.2, -0.15) is 0 Å². The number of rotatable bonds is 4. The highest BCUT2D eigenvalue weighted by Gasteiger charge is 2.30. The summed E-state index contributed by atoms with van der Waals surface area (Å²) in [6.45, 7) is 8.35. The van der Waals surface area contributed by atoms with Crippen LogP contribution in [-0.2, 0) is 17.6 Å². The molecule has 3 heterocycles. The maximum absolute atomic E-state index is 12.5. The van der Waals surface area contributed by atoms with Crippen molar-refractivity contribution in [1.82, 2.24) is 15.0 Å². The first-order valence-corrected chi connectivity index (χ1v) is 10.4. The molecule has 8 heteroatoms. The van der Waals surface area contributed by atoms with Gasteiger partial charge in [-0.25, -0.2) is 15.0 Å². The lowest BCUT2D eigenvalue weighted by molar-refractivity contribution is -0.117. The first kappa shape index (κ1) is 18.2. The van der Waals surface area contributed by atoms with Gasteiger partial charge in [-0.3, -0.25) is 4.79 Å². The molecular formula is C19H26N6OS. The zero-order valence-electron chi connectivity index (χ0n) is 16.2. The van der Waals surface area contributed by atoms with Crippen molar-refractivity contribution in [3.05, 3.63) is 16.4 Å². The molecular weight excluding hydrogens is 360 g/mol. The van der Waals surface area contributed by atoms with Gasteiger partial charge in [0.25, 0.3) is 0 Å². The third-order valence-electron chi connectivity index (χ3n) is 5.01.